The molecule has 4 saturated heterocycles. The Morgan fingerprint density at radius 3 is 1.29 bits per heavy atom. The van der Waals surface area contributed by atoms with Crippen LogP contribution >= 0.6 is 0 Å². The molecule has 24 heavy (non-hydrogen) atoms. The number of nitrogens with two attached hydrogens (primary N) is 2. The Balaban J connectivity index is 1.52. The standard InChI is InChI=1S/C18H30N2O4/c19-17(6-14-10-23-14)2-1-3-18(20,7-15-11-24-15)16(17,4-12-8-21-12)5-13-9-22-13/h12-15H,1-11,19-20H2. The highest BCUT2D eigenvalue weighted by molar-refractivity contribution is 5.21. The van der Waals surface area contributed by atoms with Gasteiger partial charge in [-0.2, -0.15) is 0 Å². The summed E-state index contributed by atoms with van der Waals surface area (Å²) < 4.78 is 22.4. The van der Waals surface area contributed by atoms with Gasteiger partial charge in [0.15, 0.2) is 0 Å². The van der Waals surface area contributed by atoms with Crippen molar-refractivity contribution in [2.75, 3.05) is 26.4 Å². The van der Waals surface area contributed by atoms with Gasteiger partial charge in [0, 0.05) is 16.5 Å². The first-order chi connectivity index (χ1) is 11.5. The van der Waals surface area contributed by atoms with Crippen molar-refractivity contribution in [2.24, 2.45) is 16.9 Å². The van der Waals surface area contributed by atoms with Gasteiger partial charge >= 0.3 is 0 Å². The largest absolute Gasteiger partial charge is 0.373 e. The molecule has 5 rings (SSSR count). The minimum absolute atomic E-state index is 0.154. The van der Waals surface area contributed by atoms with Crippen LogP contribution in [0.5, 0.6) is 0 Å². The normalized spacial score (nSPS) is 55.2. The molecule has 6 unspecified atom stereocenters. The van der Waals surface area contributed by atoms with Gasteiger partial charge in [0.2, 0.25) is 0 Å². The number of hydrogen-bond acceptors (Lipinski definition) is 6. The third kappa shape index (κ3) is 2.81. The lowest BCUT2D eigenvalue weighted by atomic mass is 9.47. The van der Waals surface area contributed by atoms with E-state index in [0.717, 1.165) is 71.4 Å². The molecular weight excluding hydrogens is 308 g/mol. The second-order valence-electron chi connectivity index (χ2n) is 8.89. The first kappa shape index (κ1) is 16.0. The summed E-state index contributed by atoms with van der Waals surface area (Å²) in [6, 6.07) is 0. The lowest BCUT2D eigenvalue weighted by Crippen LogP contribution is -2.73. The van der Waals surface area contributed by atoms with Gasteiger partial charge in [-0.1, -0.05) is 0 Å². The molecule has 4 aliphatic heterocycles. The molecule has 6 heteroatoms. The molecule has 6 atom stereocenters. The maximum absolute atomic E-state index is 7.19. The Morgan fingerprint density at radius 2 is 0.958 bits per heavy atom. The second-order valence-corrected chi connectivity index (χ2v) is 8.89. The predicted octanol–water partition coefficient (Wildman–Crippen LogP) is 0.707. The predicted molar refractivity (Wildman–Crippen MR) is 87.5 cm³/mol. The Kier molecular flexibility index (Phi) is 3.58. The van der Waals surface area contributed by atoms with E-state index >= 15 is 0 Å². The quantitative estimate of drug-likeness (QED) is 0.632. The van der Waals surface area contributed by atoms with E-state index in [1.165, 1.54) is 0 Å². The summed E-state index contributed by atoms with van der Waals surface area (Å²) in [6.07, 6.45) is 8.13. The molecule has 0 amide bonds. The van der Waals surface area contributed by atoms with Crippen molar-refractivity contribution >= 4 is 0 Å². The molecule has 0 bridgehead atoms. The lowest BCUT2D eigenvalue weighted by molar-refractivity contribution is -0.0623. The molecule has 1 saturated carbocycles. The topological polar surface area (TPSA) is 102 Å². The highest BCUT2D eigenvalue weighted by Crippen LogP contribution is 2.60. The zero-order valence-corrected chi connectivity index (χ0v) is 14.4. The minimum Gasteiger partial charge on any atom is -0.373 e. The van der Waals surface area contributed by atoms with Gasteiger partial charge in [-0.25, -0.2) is 0 Å². The second kappa shape index (κ2) is 5.38. The molecule has 5 fully saturated rings. The van der Waals surface area contributed by atoms with Gasteiger partial charge in [0.1, 0.15) is 0 Å². The average molecular weight is 338 g/mol. The summed E-state index contributed by atoms with van der Waals surface area (Å²) >= 11 is 0. The summed E-state index contributed by atoms with van der Waals surface area (Å²) in [5.74, 6) is 0. The fourth-order valence-corrected chi connectivity index (χ4v) is 5.52. The maximum Gasteiger partial charge on any atom is 0.0827 e. The van der Waals surface area contributed by atoms with Crippen molar-refractivity contribution < 1.29 is 18.9 Å². The molecule has 0 aromatic rings. The Bertz CT molecular complexity index is 457. The van der Waals surface area contributed by atoms with Crippen LogP contribution in [0.1, 0.15) is 44.9 Å². The zero-order valence-electron chi connectivity index (χ0n) is 14.4. The first-order valence-electron chi connectivity index (χ1n) is 9.56. The summed E-state index contributed by atoms with van der Waals surface area (Å²) in [6.45, 7) is 3.38. The first-order valence-corrected chi connectivity index (χ1v) is 9.56. The summed E-state index contributed by atoms with van der Waals surface area (Å²) in [7, 11) is 0. The molecule has 0 spiro atoms. The fraction of sp³-hybridized carbons (Fsp3) is 1.00. The fourth-order valence-electron chi connectivity index (χ4n) is 5.52. The lowest BCUT2D eigenvalue weighted by Gasteiger charge is -2.62. The monoisotopic (exact) mass is 338 g/mol. The molecule has 4 N–H and O–H groups in total. The Hall–Kier alpha value is -0.240. The van der Waals surface area contributed by atoms with E-state index in [1.807, 2.05) is 0 Å². The number of hydrogen-bond donors (Lipinski definition) is 2. The van der Waals surface area contributed by atoms with Crippen molar-refractivity contribution in [2.45, 2.75) is 80.4 Å². The Labute approximate surface area is 143 Å². The molecule has 0 radical (unpaired) electrons. The maximum atomic E-state index is 7.19. The molecule has 5 aliphatic rings. The third-order valence-corrected chi connectivity index (χ3v) is 7.10. The van der Waals surface area contributed by atoms with Crippen LogP contribution in [-0.4, -0.2) is 61.9 Å². The van der Waals surface area contributed by atoms with Gasteiger partial charge in [0.25, 0.3) is 0 Å². The summed E-state index contributed by atoms with van der Waals surface area (Å²) in [5.41, 5.74) is 13.6. The van der Waals surface area contributed by atoms with Crippen LogP contribution in [0.15, 0.2) is 0 Å². The molecule has 0 aromatic heterocycles. The van der Waals surface area contributed by atoms with Gasteiger partial charge in [-0.3, -0.25) is 0 Å². The van der Waals surface area contributed by atoms with E-state index < -0.39 is 0 Å². The minimum atomic E-state index is -0.298. The van der Waals surface area contributed by atoms with Crippen LogP contribution in [0.25, 0.3) is 0 Å². The number of epoxide rings is 4. The molecule has 136 valence electrons. The van der Waals surface area contributed by atoms with Gasteiger partial charge in [-0.15, -0.1) is 0 Å². The zero-order chi connectivity index (χ0) is 16.4. The van der Waals surface area contributed by atoms with Crippen molar-refractivity contribution in [1.29, 1.82) is 0 Å². The van der Waals surface area contributed by atoms with Crippen LogP contribution in [-0.2, 0) is 18.9 Å². The van der Waals surface area contributed by atoms with Crippen LogP contribution in [0.2, 0.25) is 0 Å². The van der Waals surface area contributed by atoms with Crippen molar-refractivity contribution in [3.63, 3.8) is 0 Å². The van der Waals surface area contributed by atoms with Crippen molar-refractivity contribution in [3.8, 4) is 0 Å². The molecular formula is C18H30N2O4. The van der Waals surface area contributed by atoms with Crippen molar-refractivity contribution in [1.82, 2.24) is 0 Å². The van der Waals surface area contributed by atoms with Gasteiger partial charge in [0.05, 0.1) is 50.8 Å². The van der Waals surface area contributed by atoms with E-state index in [0.29, 0.717) is 24.4 Å². The molecule has 4 heterocycles. The van der Waals surface area contributed by atoms with Gasteiger partial charge < -0.3 is 30.4 Å². The van der Waals surface area contributed by atoms with Crippen LogP contribution in [0, 0.1) is 5.41 Å². The molecule has 6 nitrogen and oxygen atoms in total. The van der Waals surface area contributed by atoms with Crippen LogP contribution < -0.4 is 11.5 Å². The third-order valence-electron chi connectivity index (χ3n) is 7.10. The SMILES string of the molecule is NC1(CC2CO2)CCCC(N)(CC2CO2)C1(CC1CO1)CC1CO1. The van der Waals surface area contributed by atoms with Crippen LogP contribution in [0.4, 0.5) is 0 Å². The van der Waals surface area contributed by atoms with E-state index in [1.54, 1.807) is 0 Å². The molecule has 0 aromatic carbocycles. The Morgan fingerprint density at radius 1 is 0.625 bits per heavy atom. The summed E-state index contributed by atoms with van der Waals surface area (Å²) in [5, 5.41) is 0. The van der Waals surface area contributed by atoms with Crippen LogP contribution in [0.3, 0.4) is 0 Å². The van der Waals surface area contributed by atoms with E-state index in [-0.39, 0.29) is 16.5 Å². The van der Waals surface area contributed by atoms with E-state index in [9.17, 15) is 0 Å². The highest BCUT2D eigenvalue weighted by Gasteiger charge is 2.65. The highest BCUT2D eigenvalue weighted by atomic mass is 16.6. The molecule has 1 aliphatic carbocycles. The number of rotatable bonds is 8. The van der Waals surface area contributed by atoms with Gasteiger partial charge in [-0.05, 0) is 44.9 Å². The average Bonchev–Trinajstić information content (AvgIpc) is 3.33. The summed E-state index contributed by atoms with van der Waals surface area (Å²) in [4.78, 5) is 0. The van der Waals surface area contributed by atoms with Crippen molar-refractivity contribution in [3.05, 3.63) is 0 Å². The van der Waals surface area contributed by atoms with E-state index in [2.05, 4.69) is 0 Å². The smallest absolute Gasteiger partial charge is 0.0827 e. The van der Waals surface area contributed by atoms with E-state index in [4.69, 9.17) is 30.4 Å². The number of ether oxygens (including phenoxy) is 4.